The molecule has 0 aliphatic heterocycles. The SMILES string of the molecule is Cc1cc(=O)c(C=O)cn1-c1ccc(F)c(F)c1. The zero-order chi connectivity index (χ0) is 13.3. The predicted octanol–water partition coefficient (Wildman–Crippen LogP) is 2.24. The number of pyridine rings is 1. The van der Waals surface area contributed by atoms with Crippen molar-refractivity contribution in [1.29, 1.82) is 0 Å². The van der Waals surface area contributed by atoms with Crippen molar-refractivity contribution in [3.8, 4) is 5.69 Å². The molecular weight excluding hydrogens is 240 g/mol. The number of hydrogen-bond donors (Lipinski definition) is 0. The van der Waals surface area contributed by atoms with Gasteiger partial charge in [0.15, 0.2) is 23.3 Å². The maximum Gasteiger partial charge on any atom is 0.192 e. The standard InChI is InChI=1S/C13H9F2NO2/c1-8-4-13(18)9(7-17)6-16(8)10-2-3-11(14)12(15)5-10/h2-7H,1H3. The molecule has 0 unspecified atom stereocenters. The van der Waals surface area contributed by atoms with Crippen LogP contribution >= 0.6 is 0 Å². The first-order valence-corrected chi connectivity index (χ1v) is 5.17. The van der Waals surface area contributed by atoms with Crippen LogP contribution in [0.1, 0.15) is 16.1 Å². The van der Waals surface area contributed by atoms with Crippen LogP contribution in [0.2, 0.25) is 0 Å². The van der Waals surface area contributed by atoms with E-state index in [0.29, 0.717) is 17.7 Å². The smallest absolute Gasteiger partial charge is 0.192 e. The molecule has 0 saturated carbocycles. The van der Waals surface area contributed by atoms with Gasteiger partial charge in [0.1, 0.15) is 0 Å². The third kappa shape index (κ3) is 2.07. The molecular formula is C13H9F2NO2. The highest BCUT2D eigenvalue weighted by Gasteiger charge is 2.07. The fourth-order valence-corrected chi connectivity index (χ4v) is 1.65. The van der Waals surface area contributed by atoms with E-state index >= 15 is 0 Å². The van der Waals surface area contributed by atoms with Crippen molar-refractivity contribution in [3.05, 3.63) is 63.6 Å². The molecule has 2 rings (SSSR count). The first kappa shape index (κ1) is 12.2. The van der Waals surface area contributed by atoms with Gasteiger partial charge in [0.25, 0.3) is 0 Å². The first-order chi connectivity index (χ1) is 8.52. The second-order valence-corrected chi connectivity index (χ2v) is 3.82. The van der Waals surface area contributed by atoms with Gasteiger partial charge in [0.05, 0.1) is 5.56 Å². The lowest BCUT2D eigenvalue weighted by Gasteiger charge is -2.11. The molecule has 0 aliphatic carbocycles. The fraction of sp³-hybridized carbons (Fsp3) is 0.0769. The summed E-state index contributed by atoms with van der Waals surface area (Å²) in [5, 5.41) is 0. The zero-order valence-corrected chi connectivity index (χ0v) is 9.48. The summed E-state index contributed by atoms with van der Waals surface area (Å²) in [7, 11) is 0. The molecule has 0 bridgehead atoms. The summed E-state index contributed by atoms with van der Waals surface area (Å²) >= 11 is 0. The summed E-state index contributed by atoms with van der Waals surface area (Å²) < 4.78 is 27.4. The number of halogens is 2. The lowest BCUT2D eigenvalue weighted by molar-refractivity contribution is 0.112. The van der Waals surface area contributed by atoms with Crippen LogP contribution in [0.25, 0.3) is 5.69 Å². The number of aldehydes is 1. The van der Waals surface area contributed by atoms with Crippen molar-refractivity contribution in [2.45, 2.75) is 6.92 Å². The summed E-state index contributed by atoms with van der Waals surface area (Å²) in [6.07, 6.45) is 1.73. The van der Waals surface area contributed by atoms with Gasteiger partial charge in [0, 0.05) is 29.7 Å². The van der Waals surface area contributed by atoms with Gasteiger partial charge >= 0.3 is 0 Å². The Morgan fingerprint density at radius 1 is 1.17 bits per heavy atom. The predicted molar refractivity (Wildman–Crippen MR) is 62.1 cm³/mol. The Hall–Kier alpha value is -2.30. The van der Waals surface area contributed by atoms with Crippen LogP contribution in [0, 0.1) is 18.6 Å². The second kappa shape index (κ2) is 4.52. The molecule has 0 saturated heterocycles. The highest BCUT2D eigenvalue weighted by Crippen LogP contribution is 2.14. The number of benzene rings is 1. The summed E-state index contributed by atoms with van der Waals surface area (Å²) in [5.74, 6) is -1.94. The summed E-state index contributed by atoms with van der Waals surface area (Å²) in [5.41, 5.74) is 0.428. The second-order valence-electron chi connectivity index (χ2n) is 3.82. The van der Waals surface area contributed by atoms with Gasteiger partial charge in [-0.25, -0.2) is 8.78 Å². The Morgan fingerprint density at radius 3 is 2.50 bits per heavy atom. The summed E-state index contributed by atoms with van der Waals surface area (Å²) in [4.78, 5) is 22.1. The molecule has 0 fully saturated rings. The minimum absolute atomic E-state index is 0.0367. The highest BCUT2D eigenvalue weighted by atomic mass is 19.2. The molecule has 0 aliphatic rings. The molecule has 0 spiro atoms. The number of hydrogen-bond acceptors (Lipinski definition) is 2. The van der Waals surface area contributed by atoms with Gasteiger partial charge in [-0.05, 0) is 19.1 Å². The molecule has 5 heteroatoms. The monoisotopic (exact) mass is 249 g/mol. The van der Waals surface area contributed by atoms with E-state index in [0.717, 1.165) is 12.1 Å². The van der Waals surface area contributed by atoms with Crippen molar-refractivity contribution in [3.63, 3.8) is 0 Å². The third-order valence-electron chi connectivity index (χ3n) is 2.58. The Labute approximate surface area is 101 Å². The molecule has 0 atom stereocenters. The van der Waals surface area contributed by atoms with Crippen molar-refractivity contribution in [1.82, 2.24) is 4.57 Å². The van der Waals surface area contributed by atoms with Crippen LogP contribution in [-0.2, 0) is 0 Å². The quantitative estimate of drug-likeness (QED) is 0.765. The third-order valence-corrected chi connectivity index (χ3v) is 2.58. The van der Waals surface area contributed by atoms with Crippen molar-refractivity contribution < 1.29 is 13.6 Å². The van der Waals surface area contributed by atoms with E-state index in [9.17, 15) is 18.4 Å². The van der Waals surface area contributed by atoms with E-state index in [1.54, 1.807) is 6.92 Å². The maximum atomic E-state index is 13.1. The minimum Gasteiger partial charge on any atom is -0.320 e. The van der Waals surface area contributed by atoms with Crippen LogP contribution < -0.4 is 5.43 Å². The van der Waals surface area contributed by atoms with Gasteiger partial charge in [-0.2, -0.15) is 0 Å². The minimum atomic E-state index is -0.988. The van der Waals surface area contributed by atoms with E-state index in [4.69, 9.17) is 0 Å². The van der Waals surface area contributed by atoms with Gasteiger partial charge in [-0.1, -0.05) is 0 Å². The van der Waals surface area contributed by atoms with Crippen molar-refractivity contribution >= 4 is 6.29 Å². The molecule has 18 heavy (non-hydrogen) atoms. The first-order valence-electron chi connectivity index (χ1n) is 5.17. The largest absolute Gasteiger partial charge is 0.320 e. The fourth-order valence-electron chi connectivity index (χ4n) is 1.65. The number of aromatic nitrogens is 1. The number of rotatable bonds is 2. The Kier molecular flexibility index (Phi) is 3.06. The number of carbonyl (C=O) groups excluding carboxylic acids is 1. The highest BCUT2D eigenvalue weighted by molar-refractivity contribution is 5.74. The summed E-state index contributed by atoms with van der Waals surface area (Å²) in [6, 6.07) is 4.62. The normalized spacial score (nSPS) is 10.4. The van der Waals surface area contributed by atoms with Crippen molar-refractivity contribution in [2.75, 3.05) is 0 Å². The van der Waals surface area contributed by atoms with Crippen LogP contribution in [-0.4, -0.2) is 10.9 Å². The average molecular weight is 249 g/mol. The van der Waals surface area contributed by atoms with Crippen molar-refractivity contribution in [2.24, 2.45) is 0 Å². The van der Waals surface area contributed by atoms with Gasteiger partial charge in [0.2, 0.25) is 0 Å². The molecule has 2 aromatic rings. The topological polar surface area (TPSA) is 39.1 Å². The molecule has 0 amide bonds. The zero-order valence-electron chi connectivity index (χ0n) is 9.48. The van der Waals surface area contributed by atoms with Crippen LogP contribution in [0.3, 0.4) is 0 Å². The van der Waals surface area contributed by atoms with E-state index in [2.05, 4.69) is 0 Å². The Bertz CT molecular complexity index is 677. The van der Waals surface area contributed by atoms with Gasteiger partial charge in [-0.15, -0.1) is 0 Å². The average Bonchev–Trinajstić information content (AvgIpc) is 2.33. The Balaban J connectivity index is 2.66. The van der Waals surface area contributed by atoms with Crippen LogP contribution in [0.4, 0.5) is 8.78 Å². The molecule has 1 aromatic carbocycles. The Morgan fingerprint density at radius 2 is 1.89 bits per heavy atom. The van der Waals surface area contributed by atoms with Gasteiger partial charge in [-0.3, -0.25) is 9.59 Å². The van der Waals surface area contributed by atoms with Crippen LogP contribution in [0.15, 0.2) is 35.3 Å². The lowest BCUT2D eigenvalue weighted by Crippen LogP contribution is -2.13. The van der Waals surface area contributed by atoms with E-state index < -0.39 is 17.1 Å². The van der Waals surface area contributed by atoms with E-state index in [1.807, 2.05) is 0 Å². The maximum absolute atomic E-state index is 13.1. The molecule has 3 nitrogen and oxygen atoms in total. The van der Waals surface area contributed by atoms with E-state index in [-0.39, 0.29) is 5.56 Å². The van der Waals surface area contributed by atoms with Crippen LogP contribution in [0.5, 0.6) is 0 Å². The number of nitrogens with zero attached hydrogens (tertiary/aromatic N) is 1. The lowest BCUT2D eigenvalue weighted by atomic mass is 10.2. The molecule has 1 heterocycles. The molecule has 92 valence electrons. The summed E-state index contributed by atoms with van der Waals surface area (Å²) in [6.45, 7) is 1.64. The molecule has 0 radical (unpaired) electrons. The number of carbonyl (C=O) groups is 1. The van der Waals surface area contributed by atoms with Gasteiger partial charge < -0.3 is 4.57 Å². The molecule has 1 aromatic heterocycles. The number of aryl methyl sites for hydroxylation is 1. The molecule has 0 N–H and O–H groups in total. The van der Waals surface area contributed by atoms with E-state index in [1.165, 1.54) is 22.9 Å².